The molecule has 0 radical (unpaired) electrons. The first kappa shape index (κ1) is 6.10. The summed E-state index contributed by atoms with van der Waals surface area (Å²) in [5.74, 6) is 1.58. The molecule has 1 aliphatic rings. The Bertz CT molecular complexity index is 257. The molecule has 0 saturated carbocycles. The van der Waals surface area contributed by atoms with Crippen LogP contribution >= 0.6 is 11.8 Å². The fraction of sp³-hybridized carbons (Fsp3) is 0.250. The van der Waals surface area contributed by atoms with Crippen LogP contribution in [-0.2, 0) is 6.42 Å². The van der Waals surface area contributed by atoms with Crippen LogP contribution in [0.2, 0.25) is 0 Å². The maximum Gasteiger partial charge on any atom is 0.119 e. The van der Waals surface area contributed by atoms with Gasteiger partial charge >= 0.3 is 0 Å². The molecule has 52 valence electrons. The first-order valence-corrected chi connectivity index (χ1v) is 4.30. The van der Waals surface area contributed by atoms with Crippen LogP contribution in [0, 0.1) is 0 Å². The molecule has 0 aliphatic carbocycles. The van der Waals surface area contributed by atoms with E-state index in [1.807, 2.05) is 17.8 Å². The first-order chi connectivity index (χ1) is 4.88. The number of benzene rings is 1. The number of aromatic hydroxyl groups is 1. The van der Waals surface area contributed by atoms with Gasteiger partial charge < -0.3 is 5.11 Å². The number of fused-ring (bicyclic) bond motifs is 1. The minimum absolute atomic E-state index is 0.461. The molecule has 0 unspecified atom stereocenters. The van der Waals surface area contributed by atoms with Crippen molar-refractivity contribution in [1.29, 1.82) is 0 Å². The van der Waals surface area contributed by atoms with Crippen LogP contribution in [0.1, 0.15) is 5.56 Å². The monoisotopic (exact) mass is 152 g/mol. The maximum atomic E-state index is 9.32. The van der Waals surface area contributed by atoms with Crippen LogP contribution in [0.25, 0.3) is 0 Å². The average Bonchev–Trinajstić information content (AvgIpc) is 2.36. The molecular formula is C8H8OS. The highest BCUT2D eigenvalue weighted by Crippen LogP contribution is 2.35. The molecule has 0 saturated heterocycles. The van der Waals surface area contributed by atoms with Crippen molar-refractivity contribution in [2.24, 2.45) is 0 Å². The van der Waals surface area contributed by atoms with Gasteiger partial charge in [0, 0.05) is 16.2 Å². The van der Waals surface area contributed by atoms with Crippen LogP contribution < -0.4 is 0 Å². The lowest BCUT2D eigenvalue weighted by molar-refractivity contribution is 0.467. The van der Waals surface area contributed by atoms with Crippen LogP contribution in [0.3, 0.4) is 0 Å². The molecule has 0 amide bonds. The minimum Gasteiger partial charge on any atom is -0.508 e. The molecule has 0 bridgehead atoms. The van der Waals surface area contributed by atoms with E-state index in [0.29, 0.717) is 5.75 Å². The highest BCUT2D eigenvalue weighted by atomic mass is 32.2. The second-order valence-corrected chi connectivity index (χ2v) is 3.49. The van der Waals surface area contributed by atoms with Gasteiger partial charge in [-0.15, -0.1) is 11.8 Å². The smallest absolute Gasteiger partial charge is 0.119 e. The van der Waals surface area contributed by atoms with E-state index in [9.17, 15) is 5.11 Å². The fourth-order valence-corrected chi connectivity index (χ4v) is 2.29. The molecule has 1 aliphatic heterocycles. The van der Waals surface area contributed by atoms with Crippen molar-refractivity contribution in [3.05, 3.63) is 23.8 Å². The van der Waals surface area contributed by atoms with Gasteiger partial charge in [-0.2, -0.15) is 0 Å². The topological polar surface area (TPSA) is 20.2 Å². The second-order valence-electron chi connectivity index (χ2n) is 2.35. The lowest BCUT2D eigenvalue weighted by Gasteiger charge is -1.98. The minimum atomic E-state index is 0.461. The van der Waals surface area contributed by atoms with Gasteiger partial charge in [0.2, 0.25) is 0 Å². The Hall–Kier alpha value is -0.630. The van der Waals surface area contributed by atoms with Gasteiger partial charge in [0.25, 0.3) is 0 Å². The summed E-state index contributed by atoms with van der Waals surface area (Å²) in [6.45, 7) is 0. The molecule has 1 nitrogen and oxygen atoms in total. The Morgan fingerprint density at radius 1 is 1.40 bits per heavy atom. The van der Waals surface area contributed by atoms with E-state index >= 15 is 0 Å². The van der Waals surface area contributed by atoms with Crippen LogP contribution in [0.5, 0.6) is 5.75 Å². The average molecular weight is 152 g/mol. The number of phenolic OH excluding ortho intramolecular Hbond substituents is 1. The van der Waals surface area contributed by atoms with Gasteiger partial charge in [0.15, 0.2) is 0 Å². The molecule has 0 aromatic heterocycles. The van der Waals surface area contributed by atoms with Crippen molar-refractivity contribution in [3.63, 3.8) is 0 Å². The third-order valence-electron chi connectivity index (χ3n) is 1.72. The quantitative estimate of drug-likeness (QED) is 0.614. The predicted octanol–water partition coefficient (Wildman–Crippen LogP) is 2.04. The Kier molecular flexibility index (Phi) is 1.34. The number of phenols is 1. The van der Waals surface area contributed by atoms with Crippen molar-refractivity contribution in [2.75, 3.05) is 5.75 Å². The molecule has 0 fully saturated rings. The zero-order valence-corrected chi connectivity index (χ0v) is 6.32. The molecule has 0 atom stereocenters. The fourth-order valence-electron chi connectivity index (χ4n) is 1.20. The first-order valence-electron chi connectivity index (χ1n) is 3.31. The van der Waals surface area contributed by atoms with E-state index in [0.717, 1.165) is 17.7 Å². The summed E-state index contributed by atoms with van der Waals surface area (Å²) in [6, 6.07) is 5.71. The highest BCUT2D eigenvalue weighted by Gasteiger charge is 2.13. The van der Waals surface area contributed by atoms with E-state index in [2.05, 4.69) is 6.07 Å². The number of thioether (sulfide) groups is 1. The van der Waals surface area contributed by atoms with Crippen LogP contribution in [0.15, 0.2) is 23.1 Å². The van der Waals surface area contributed by atoms with E-state index < -0.39 is 0 Å². The standard InChI is InChI=1S/C8H8OS/c9-7-2-1-3-8-6(7)4-5-10-8/h1-3,9H,4-5H2. The van der Waals surface area contributed by atoms with E-state index in [-0.39, 0.29) is 0 Å². The normalized spacial score (nSPS) is 15.2. The van der Waals surface area contributed by atoms with Gasteiger partial charge in [-0.1, -0.05) is 6.07 Å². The summed E-state index contributed by atoms with van der Waals surface area (Å²) in [7, 11) is 0. The maximum absolute atomic E-state index is 9.32. The molecule has 2 rings (SSSR count). The number of rotatable bonds is 0. The summed E-state index contributed by atoms with van der Waals surface area (Å²) >= 11 is 1.82. The number of hydrogen-bond acceptors (Lipinski definition) is 2. The molecule has 1 aromatic carbocycles. The van der Waals surface area contributed by atoms with Crippen molar-refractivity contribution in [3.8, 4) is 5.75 Å². The summed E-state index contributed by atoms with van der Waals surface area (Å²) in [5, 5.41) is 9.32. The van der Waals surface area contributed by atoms with Crippen molar-refractivity contribution < 1.29 is 5.11 Å². The summed E-state index contributed by atoms with van der Waals surface area (Å²) in [6.07, 6.45) is 1.02. The van der Waals surface area contributed by atoms with E-state index in [1.54, 1.807) is 6.07 Å². The Morgan fingerprint density at radius 3 is 3.10 bits per heavy atom. The Morgan fingerprint density at radius 2 is 2.30 bits per heavy atom. The van der Waals surface area contributed by atoms with Crippen LogP contribution in [0.4, 0.5) is 0 Å². The zero-order valence-electron chi connectivity index (χ0n) is 5.50. The zero-order chi connectivity index (χ0) is 6.97. The van der Waals surface area contributed by atoms with Crippen molar-refractivity contribution in [1.82, 2.24) is 0 Å². The summed E-state index contributed by atoms with van der Waals surface area (Å²) < 4.78 is 0. The van der Waals surface area contributed by atoms with Crippen LogP contribution in [-0.4, -0.2) is 10.9 Å². The third kappa shape index (κ3) is 0.797. The molecule has 1 aromatic rings. The lowest BCUT2D eigenvalue weighted by Crippen LogP contribution is -1.79. The molecule has 10 heavy (non-hydrogen) atoms. The molecule has 2 heteroatoms. The van der Waals surface area contributed by atoms with Crippen molar-refractivity contribution >= 4 is 11.8 Å². The molecular weight excluding hydrogens is 144 g/mol. The largest absolute Gasteiger partial charge is 0.508 e. The molecule has 0 spiro atoms. The summed E-state index contributed by atoms with van der Waals surface area (Å²) in [4.78, 5) is 1.25. The highest BCUT2D eigenvalue weighted by molar-refractivity contribution is 7.99. The SMILES string of the molecule is Oc1cccc2c1CCS2. The molecule has 1 heterocycles. The van der Waals surface area contributed by atoms with Gasteiger partial charge in [-0.05, 0) is 18.6 Å². The predicted molar refractivity (Wildman–Crippen MR) is 42.5 cm³/mol. The van der Waals surface area contributed by atoms with E-state index in [4.69, 9.17) is 0 Å². The molecule has 1 N–H and O–H groups in total. The van der Waals surface area contributed by atoms with E-state index in [1.165, 1.54) is 4.90 Å². The summed E-state index contributed by atoms with van der Waals surface area (Å²) in [5.41, 5.74) is 1.13. The lowest BCUT2D eigenvalue weighted by atomic mass is 10.1. The second kappa shape index (κ2) is 2.20. The van der Waals surface area contributed by atoms with Crippen molar-refractivity contribution in [2.45, 2.75) is 11.3 Å². The Balaban J connectivity index is 2.59. The Labute approximate surface area is 64.1 Å². The van der Waals surface area contributed by atoms with Gasteiger partial charge in [0.05, 0.1) is 0 Å². The third-order valence-corrected chi connectivity index (χ3v) is 2.82. The number of hydrogen-bond donors (Lipinski definition) is 1. The van der Waals surface area contributed by atoms with Gasteiger partial charge in [-0.3, -0.25) is 0 Å². The van der Waals surface area contributed by atoms with Gasteiger partial charge in [-0.25, -0.2) is 0 Å². The van der Waals surface area contributed by atoms with Gasteiger partial charge in [0.1, 0.15) is 5.75 Å².